The van der Waals surface area contributed by atoms with Crippen LogP contribution >= 0.6 is 0 Å². The van der Waals surface area contributed by atoms with Crippen molar-refractivity contribution in [1.82, 2.24) is 0 Å². The minimum atomic E-state index is -0.206. The number of nitrogens with one attached hydrogen (secondary N) is 1. The minimum Gasteiger partial charge on any atom is -0.375 e. The maximum Gasteiger partial charge on any atom is 0.250 e. The van der Waals surface area contributed by atoms with Gasteiger partial charge in [-0.05, 0) is 24.6 Å². The first-order chi connectivity index (χ1) is 8.70. The highest BCUT2D eigenvalue weighted by Gasteiger charge is 2.21. The van der Waals surface area contributed by atoms with Crippen molar-refractivity contribution in [2.45, 2.75) is 12.8 Å². The van der Waals surface area contributed by atoms with E-state index in [2.05, 4.69) is 5.32 Å². The fourth-order valence-electron chi connectivity index (χ4n) is 2.00. The summed E-state index contributed by atoms with van der Waals surface area (Å²) in [5.41, 5.74) is 1.50. The van der Waals surface area contributed by atoms with Crippen molar-refractivity contribution >= 4 is 23.2 Å². The Labute approximate surface area is 106 Å². The molecule has 5 heteroatoms. The molecule has 2 rings (SSSR count). The molecule has 1 fully saturated rings. The van der Waals surface area contributed by atoms with Crippen LogP contribution in [-0.4, -0.2) is 32.1 Å². The van der Waals surface area contributed by atoms with Gasteiger partial charge >= 0.3 is 0 Å². The Balaban J connectivity index is 2.10. The summed E-state index contributed by atoms with van der Waals surface area (Å²) in [5, 5.41) is 2.72. The summed E-state index contributed by atoms with van der Waals surface area (Å²) in [6.45, 7) is 0.765. The highest BCUT2D eigenvalue weighted by atomic mass is 16.5. The smallest absolute Gasteiger partial charge is 0.250 e. The molecule has 0 saturated carbocycles. The number of methoxy groups -OCH3 is 1. The van der Waals surface area contributed by atoms with Crippen LogP contribution in [0.4, 0.5) is 11.4 Å². The lowest BCUT2D eigenvalue weighted by molar-refractivity contribution is -0.119. The van der Waals surface area contributed by atoms with E-state index in [1.54, 1.807) is 17.0 Å². The fourth-order valence-corrected chi connectivity index (χ4v) is 2.00. The van der Waals surface area contributed by atoms with E-state index in [0.717, 1.165) is 18.7 Å². The largest absolute Gasteiger partial charge is 0.375 e. The van der Waals surface area contributed by atoms with Crippen LogP contribution in [0.3, 0.4) is 0 Å². The lowest BCUT2D eigenvalue weighted by Gasteiger charge is -2.16. The van der Waals surface area contributed by atoms with Crippen LogP contribution in [0.1, 0.15) is 12.8 Å². The first-order valence-corrected chi connectivity index (χ1v) is 5.90. The van der Waals surface area contributed by atoms with E-state index >= 15 is 0 Å². The minimum absolute atomic E-state index is 0.0207. The van der Waals surface area contributed by atoms with Crippen LogP contribution in [0.2, 0.25) is 0 Å². The molecule has 1 N–H and O–H groups in total. The molecular weight excluding hydrogens is 232 g/mol. The number of rotatable bonds is 4. The van der Waals surface area contributed by atoms with Crippen LogP contribution in [-0.2, 0) is 14.3 Å². The molecular formula is C13H16N2O3. The lowest BCUT2D eigenvalue weighted by atomic mass is 10.2. The Hall–Kier alpha value is -1.88. The van der Waals surface area contributed by atoms with Crippen molar-refractivity contribution in [3.63, 3.8) is 0 Å². The van der Waals surface area contributed by atoms with Gasteiger partial charge in [-0.25, -0.2) is 0 Å². The zero-order chi connectivity index (χ0) is 13.0. The lowest BCUT2D eigenvalue weighted by Crippen LogP contribution is -2.24. The molecule has 18 heavy (non-hydrogen) atoms. The number of anilines is 2. The Morgan fingerprint density at radius 3 is 3.00 bits per heavy atom. The number of ether oxygens (including phenoxy) is 1. The van der Waals surface area contributed by atoms with Gasteiger partial charge in [0.2, 0.25) is 11.8 Å². The van der Waals surface area contributed by atoms with Crippen LogP contribution < -0.4 is 10.2 Å². The van der Waals surface area contributed by atoms with Crippen LogP contribution in [0.25, 0.3) is 0 Å². The summed E-state index contributed by atoms with van der Waals surface area (Å²) in [6, 6.07) is 7.28. The highest BCUT2D eigenvalue weighted by Crippen LogP contribution is 2.24. The van der Waals surface area contributed by atoms with Gasteiger partial charge in [-0.2, -0.15) is 0 Å². The third-order valence-corrected chi connectivity index (χ3v) is 2.79. The van der Waals surface area contributed by atoms with E-state index in [4.69, 9.17) is 4.74 Å². The molecule has 1 aromatic carbocycles. The molecule has 0 bridgehead atoms. The highest BCUT2D eigenvalue weighted by molar-refractivity contribution is 5.97. The summed E-state index contributed by atoms with van der Waals surface area (Å²) >= 11 is 0. The van der Waals surface area contributed by atoms with E-state index in [0.29, 0.717) is 12.1 Å². The Morgan fingerprint density at radius 2 is 2.33 bits per heavy atom. The van der Waals surface area contributed by atoms with Crippen molar-refractivity contribution in [3.8, 4) is 0 Å². The summed E-state index contributed by atoms with van der Waals surface area (Å²) < 4.78 is 4.75. The Morgan fingerprint density at radius 1 is 1.50 bits per heavy atom. The molecule has 0 aliphatic carbocycles. The molecule has 0 unspecified atom stereocenters. The van der Waals surface area contributed by atoms with E-state index in [-0.39, 0.29) is 18.4 Å². The second-order valence-electron chi connectivity index (χ2n) is 4.18. The van der Waals surface area contributed by atoms with Gasteiger partial charge in [-0.15, -0.1) is 0 Å². The number of carbonyl (C=O) groups is 2. The molecule has 1 aliphatic heterocycles. The average Bonchev–Trinajstić information content (AvgIpc) is 2.76. The first kappa shape index (κ1) is 12.6. The van der Waals surface area contributed by atoms with Gasteiger partial charge in [0.1, 0.15) is 6.61 Å². The third-order valence-electron chi connectivity index (χ3n) is 2.79. The van der Waals surface area contributed by atoms with Crippen molar-refractivity contribution < 1.29 is 14.3 Å². The first-order valence-electron chi connectivity index (χ1n) is 5.90. The van der Waals surface area contributed by atoms with Gasteiger partial charge in [0.05, 0.1) is 0 Å². The number of hydrogen-bond acceptors (Lipinski definition) is 3. The van der Waals surface area contributed by atoms with Gasteiger partial charge in [-0.3, -0.25) is 9.59 Å². The third kappa shape index (κ3) is 2.87. The van der Waals surface area contributed by atoms with Crippen molar-refractivity contribution in [1.29, 1.82) is 0 Å². The standard InChI is InChI=1S/C13H16N2O3/c1-18-9-12(16)14-10-4-2-5-11(8-10)15-7-3-6-13(15)17/h2,4-5,8H,3,6-7,9H2,1H3,(H,14,16). The topological polar surface area (TPSA) is 58.6 Å². The second kappa shape index (κ2) is 5.64. The maximum atomic E-state index is 11.6. The number of nitrogens with zero attached hydrogens (tertiary/aromatic N) is 1. The number of benzene rings is 1. The molecule has 1 heterocycles. The van der Waals surface area contributed by atoms with Gasteiger partial charge in [0.15, 0.2) is 0 Å². The molecule has 0 spiro atoms. The van der Waals surface area contributed by atoms with Gasteiger partial charge < -0.3 is 15.0 Å². The summed E-state index contributed by atoms with van der Waals surface area (Å²) in [4.78, 5) is 24.8. The predicted molar refractivity (Wildman–Crippen MR) is 68.5 cm³/mol. The Bertz CT molecular complexity index is 459. The van der Waals surface area contributed by atoms with Gasteiger partial charge in [-0.1, -0.05) is 6.07 Å². The molecule has 96 valence electrons. The molecule has 2 amide bonds. The molecule has 1 aromatic rings. The number of hydrogen-bond donors (Lipinski definition) is 1. The predicted octanol–water partition coefficient (Wildman–Crippen LogP) is 1.40. The average molecular weight is 248 g/mol. The Kier molecular flexibility index (Phi) is 3.94. The molecule has 1 aliphatic rings. The second-order valence-corrected chi connectivity index (χ2v) is 4.18. The monoisotopic (exact) mass is 248 g/mol. The summed E-state index contributed by atoms with van der Waals surface area (Å²) in [5.74, 6) is -0.0715. The fraction of sp³-hybridized carbons (Fsp3) is 0.385. The molecule has 0 radical (unpaired) electrons. The molecule has 5 nitrogen and oxygen atoms in total. The number of carbonyl (C=O) groups excluding carboxylic acids is 2. The van der Waals surface area contributed by atoms with E-state index in [9.17, 15) is 9.59 Å². The van der Waals surface area contributed by atoms with Crippen molar-refractivity contribution in [2.75, 3.05) is 30.5 Å². The molecule has 1 saturated heterocycles. The quantitative estimate of drug-likeness (QED) is 0.876. The van der Waals surface area contributed by atoms with Crippen molar-refractivity contribution in [2.24, 2.45) is 0 Å². The van der Waals surface area contributed by atoms with Crippen molar-refractivity contribution in [3.05, 3.63) is 24.3 Å². The maximum absolute atomic E-state index is 11.6. The van der Waals surface area contributed by atoms with Gasteiger partial charge in [0.25, 0.3) is 0 Å². The zero-order valence-corrected chi connectivity index (χ0v) is 10.3. The van der Waals surface area contributed by atoms with E-state index < -0.39 is 0 Å². The van der Waals surface area contributed by atoms with Gasteiger partial charge in [0, 0.05) is 31.5 Å². The zero-order valence-electron chi connectivity index (χ0n) is 10.3. The molecule has 0 atom stereocenters. The summed E-state index contributed by atoms with van der Waals surface area (Å²) in [6.07, 6.45) is 1.49. The molecule has 0 aromatic heterocycles. The number of amides is 2. The van der Waals surface area contributed by atoms with Crippen LogP contribution in [0.15, 0.2) is 24.3 Å². The van der Waals surface area contributed by atoms with Crippen LogP contribution in [0, 0.1) is 0 Å². The van der Waals surface area contributed by atoms with Crippen LogP contribution in [0.5, 0.6) is 0 Å². The summed E-state index contributed by atoms with van der Waals surface area (Å²) in [7, 11) is 1.47. The van der Waals surface area contributed by atoms with E-state index in [1.165, 1.54) is 7.11 Å². The normalized spacial score (nSPS) is 14.9. The van der Waals surface area contributed by atoms with E-state index in [1.807, 2.05) is 12.1 Å². The SMILES string of the molecule is COCC(=O)Nc1cccc(N2CCCC2=O)c1.